The van der Waals surface area contributed by atoms with Crippen LogP contribution in [-0.2, 0) is 0 Å². The highest BCUT2D eigenvalue weighted by atomic mass is 16.6. The molecule has 2 atom stereocenters. The van der Waals surface area contributed by atoms with E-state index in [0.29, 0.717) is 30.5 Å². The molecular formula is C13H19N3O3. The number of nitrogens with two attached hydrogens (primary N) is 1. The van der Waals surface area contributed by atoms with Crippen molar-refractivity contribution >= 4 is 11.4 Å². The lowest BCUT2D eigenvalue weighted by Gasteiger charge is -2.19. The zero-order valence-corrected chi connectivity index (χ0v) is 11.2. The molecule has 1 aromatic rings. The Morgan fingerprint density at radius 1 is 1.53 bits per heavy atom. The number of benzene rings is 1. The normalized spacial score (nSPS) is 22.6. The van der Waals surface area contributed by atoms with Gasteiger partial charge in [-0.3, -0.25) is 10.1 Å². The Morgan fingerprint density at radius 3 is 2.79 bits per heavy atom. The maximum absolute atomic E-state index is 11.3. The lowest BCUT2D eigenvalue weighted by molar-refractivity contribution is -0.385. The Morgan fingerprint density at radius 2 is 2.26 bits per heavy atom. The largest absolute Gasteiger partial charge is 0.487 e. The van der Waals surface area contributed by atoms with Crippen molar-refractivity contribution in [2.75, 3.05) is 24.6 Å². The van der Waals surface area contributed by atoms with Crippen LogP contribution >= 0.6 is 0 Å². The van der Waals surface area contributed by atoms with Gasteiger partial charge in [-0.1, -0.05) is 13.0 Å². The van der Waals surface area contributed by atoms with Crippen LogP contribution in [-0.4, -0.2) is 30.7 Å². The second kappa shape index (κ2) is 5.44. The lowest BCUT2D eigenvalue weighted by atomic mass is 10.1. The van der Waals surface area contributed by atoms with Crippen LogP contribution in [0.15, 0.2) is 18.2 Å². The van der Waals surface area contributed by atoms with Gasteiger partial charge < -0.3 is 15.4 Å². The average molecular weight is 265 g/mol. The highest BCUT2D eigenvalue weighted by Crippen LogP contribution is 2.38. The molecule has 1 fully saturated rings. The third kappa shape index (κ3) is 2.63. The molecule has 1 aliphatic heterocycles. The molecule has 1 aliphatic rings. The van der Waals surface area contributed by atoms with Crippen LogP contribution < -0.4 is 15.4 Å². The fourth-order valence-electron chi connectivity index (χ4n) is 2.41. The summed E-state index contributed by atoms with van der Waals surface area (Å²) in [6.45, 7) is 5.64. The monoisotopic (exact) mass is 265 g/mol. The molecule has 1 heterocycles. The molecule has 0 radical (unpaired) electrons. The molecule has 0 spiro atoms. The smallest absolute Gasteiger partial charge is 0.333 e. The first kappa shape index (κ1) is 13.6. The Bertz CT molecular complexity index is 468. The maximum Gasteiger partial charge on any atom is 0.333 e. The van der Waals surface area contributed by atoms with E-state index < -0.39 is 0 Å². The van der Waals surface area contributed by atoms with E-state index in [9.17, 15) is 10.1 Å². The predicted octanol–water partition coefficient (Wildman–Crippen LogP) is 1.78. The summed E-state index contributed by atoms with van der Waals surface area (Å²) in [7, 11) is 0. The third-order valence-corrected chi connectivity index (χ3v) is 3.47. The van der Waals surface area contributed by atoms with E-state index in [1.54, 1.807) is 18.2 Å². The van der Waals surface area contributed by atoms with Crippen LogP contribution in [0.5, 0.6) is 5.75 Å². The molecule has 0 aromatic heterocycles. The molecule has 2 N–H and O–H groups in total. The standard InChI is InChI=1S/C13H19N3O3/c1-3-19-12-6-4-5-11(13(12)16(17)18)15-7-9(2)10(14)8-15/h4-6,9-10H,3,7-8,14H2,1-2H3. The third-order valence-electron chi connectivity index (χ3n) is 3.47. The minimum Gasteiger partial charge on any atom is -0.487 e. The van der Waals surface area contributed by atoms with Gasteiger partial charge in [-0.2, -0.15) is 0 Å². The molecule has 0 bridgehead atoms. The fraction of sp³-hybridized carbons (Fsp3) is 0.538. The Labute approximate surface area is 112 Å². The van der Waals surface area contributed by atoms with Crippen molar-refractivity contribution in [1.82, 2.24) is 0 Å². The van der Waals surface area contributed by atoms with Crippen molar-refractivity contribution in [3.05, 3.63) is 28.3 Å². The van der Waals surface area contributed by atoms with E-state index in [4.69, 9.17) is 10.5 Å². The minimum atomic E-state index is -0.380. The van der Waals surface area contributed by atoms with Gasteiger partial charge in [-0.05, 0) is 25.0 Å². The number of nitro groups is 1. The van der Waals surface area contributed by atoms with E-state index in [2.05, 4.69) is 6.92 Å². The van der Waals surface area contributed by atoms with E-state index in [-0.39, 0.29) is 16.7 Å². The highest BCUT2D eigenvalue weighted by molar-refractivity contribution is 5.70. The van der Waals surface area contributed by atoms with E-state index in [1.807, 2.05) is 11.8 Å². The summed E-state index contributed by atoms with van der Waals surface area (Å²) in [5.74, 6) is 0.647. The van der Waals surface area contributed by atoms with E-state index in [0.717, 1.165) is 6.54 Å². The first-order chi connectivity index (χ1) is 9.04. The molecule has 2 rings (SSSR count). The van der Waals surface area contributed by atoms with Gasteiger partial charge in [0, 0.05) is 19.1 Å². The molecule has 6 nitrogen and oxygen atoms in total. The number of nitrogens with zero attached hydrogens (tertiary/aromatic N) is 2. The van der Waals surface area contributed by atoms with Crippen LogP contribution in [0.4, 0.5) is 11.4 Å². The van der Waals surface area contributed by atoms with Crippen molar-refractivity contribution in [3.8, 4) is 5.75 Å². The van der Waals surface area contributed by atoms with Gasteiger partial charge in [0.05, 0.1) is 11.5 Å². The van der Waals surface area contributed by atoms with Crippen LogP contribution in [0.3, 0.4) is 0 Å². The Hall–Kier alpha value is -1.82. The van der Waals surface area contributed by atoms with Gasteiger partial charge in [-0.25, -0.2) is 0 Å². The van der Waals surface area contributed by atoms with Crippen molar-refractivity contribution < 1.29 is 9.66 Å². The highest BCUT2D eigenvalue weighted by Gasteiger charge is 2.32. The van der Waals surface area contributed by atoms with Crippen molar-refractivity contribution in [1.29, 1.82) is 0 Å². The first-order valence-corrected chi connectivity index (χ1v) is 6.45. The number of rotatable bonds is 4. The summed E-state index contributed by atoms with van der Waals surface area (Å²) in [5, 5.41) is 11.3. The molecule has 104 valence electrons. The minimum absolute atomic E-state index is 0.0330. The number of ether oxygens (including phenoxy) is 1. The quantitative estimate of drug-likeness (QED) is 0.663. The molecule has 1 aromatic carbocycles. The van der Waals surface area contributed by atoms with Crippen molar-refractivity contribution in [2.45, 2.75) is 19.9 Å². The van der Waals surface area contributed by atoms with Gasteiger partial charge in [-0.15, -0.1) is 0 Å². The predicted molar refractivity (Wildman–Crippen MR) is 73.6 cm³/mol. The Kier molecular flexibility index (Phi) is 3.90. The first-order valence-electron chi connectivity index (χ1n) is 6.45. The summed E-state index contributed by atoms with van der Waals surface area (Å²) in [5.41, 5.74) is 6.61. The summed E-state index contributed by atoms with van der Waals surface area (Å²) in [4.78, 5) is 12.9. The zero-order valence-electron chi connectivity index (χ0n) is 11.2. The van der Waals surface area contributed by atoms with Gasteiger partial charge >= 0.3 is 5.69 Å². The molecule has 19 heavy (non-hydrogen) atoms. The summed E-state index contributed by atoms with van der Waals surface area (Å²) >= 11 is 0. The molecule has 0 saturated carbocycles. The molecule has 1 saturated heterocycles. The fourth-order valence-corrected chi connectivity index (χ4v) is 2.41. The Balaban J connectivity index is 2.40. The van der Waals surface area contributed by atoms with Gasteiger partial charge in [0.15, 0.2) is 5.75 Å². The van der Waals surface area contributed by atoms with Crippen molar-refractivity contribution in [3.63, 3.8) is 0 Å². The number of nitro benzene ring substituents is 1. The average Bonchev–Trinajstić information content (AvgIpc) is 2.69. The molecule has 2 unspecified atom stereocenters. The summed E-state index contributed by atoms with van der Waals surface area (Å²) < 4.78 is 5.35. The van der Waals surface area contributed by atoms with Crippen molar-refractivity contribution in [2.24, 2.45) is 11.7 Å². The van der Waals surface area contributed by atoms with Gasteiger partial charge in [0.1, 0.15) is 5.69 Å². The van der Waals surface area contributed by atoms with Crippen LogP contribution in [0, 0.1) is 16.0 Å². The molecule has 6 heteroatoms. The number of para-hydroxylation sites is 1. The van der Waals surface area contributed by atoms with E-state index >= 15 is 0 Å². The molecule has 0 amide bonds. The zero-order chi connectivity index (χ0) is 14.0. The second-order valence-electron chi connectivity index (χ2n) is 4.86. The number of hydrogen-bond donors (Lipinski definition) is 1. The second-order valence-corrected chi connectivity index (χ2v) is 4.86. The van der Waals surface area contributed by atoms with Crippen LogP contribution in [0.2, 0.25) is 0 Å². The maximum atomic E-state index is 11.3. The van der Waals surface area contributed by atoms with Crippen LogP contribution in [0.1, 0.15) is 13.8 Å². The van der Waals surface area contributed by atoms with Gasteiger partial charge in [0.25, 0.3) is 0 Å². The SMILES string of the molecule is CCOc1cccc(N2CC(C)C(N)C2)c1[N+](=O)[O-]. The molecule has 0 aliphatic carbocycles. The van der Waals surface area contributed by atoms with E-state index in [1.165, 1.54) is 0 Å². The summed E-state index contributed by atoms with van der Waals surface area (Å²) in [6, 6.07) is 5.22. The van der Waals surface area contributed by atoms with Crippen LogP contribution in [0.25, 0.3) is 0 Å². The lowest BCUT2D eigenvalue weighted by Crippen LogP contribution is -2.28. The van der Waals surface area contributed by atoms with Gasteiger partial charge in [0.2, 0.25) is 0 Å². The number of anilines is 1. The summed E-state index contributed by atoms with van der Waals surface area (Å²) in [6.07, 6.45) is 0. The number of hydrogen-bond acceptors (Lipinski definition) is 5. The molecular weight excluding hydrogens is 246 g/mol. The topological polar surface area (TPSA) is 81.6 Å².